The van der Waals surface area contributed by atoms with Gasteiger partial charge in [-0.05, 0) is 0 Å². The predicted molar refractivity (Wildman–Crippen MR) is 52.5 cm³/mol. The molecule has 0 aromatic carbocycles. The number of hydrogen-bond donors (Lipinski definition) is 1. The molecule has 74 valence electrons. The number of rotatable bonds is 0. The Balaban J connectivity index is 2.63. The lowest BCUT2D eigenvalue weighted by atomic mass is 9.96. The van der Waals surface area contributed by atoms with Gasteiger partial charge >= 0.3 is 0 Å². The normalized spacial score (nSPS) is 12.3. The minimum absolute atomic E-state index is 0.0722. The van der Waals surface area contributed by atoms with E-state index >= 15 is 0 Å². The molecule has 1 N–H and O–H groups in total. The molecule has 3 nitrogen and oxygen atoms in total. The number of halogens is 1. The highest BCUT2D eigenvalue weighted by Gasteiger charge is 2.18. The summed E-state index contributed by atoms with van der Waals surface area (Å²) in [6.07, 6.45) is 1.18. The van der Waals surface area contributed by atoms with Gasteiger partial charge in [-0.3, -0.25) is 0 Å². The Morgan fingerprint density at radius 1 is 1.36 bits per heavy atom. The number of aromatic nitrogens is 3. The molecule has 4 heteroatoms. The molecule has 0 atom stereocenters. The number of nitrogens with zero attached hydrogens (tertiary/aromatic N) is 2. The van der Waals surface area contributed by atoms with Gasteiger partial charge in [-0.1, -0.05) is 20.8 Å². The van der Waals surface area contributed by atoms with Gasteiger partial charge in [-0.15, -0.1) is 0 Å². The highest BCUT2D eigenvalue weighted by Crippen LogP contribution is 2.21. The van der Waals surface area contributed by atoms with E-state index in [4.69, 9.17) is 0 Å². The van der Waals surface area contributed by atoms with Gasteiger partial charge in [0.05, 0.1) is 11.7 Å². The monoisotopic (exact) mass is 193 g/mol. The van der Waals surface area contributed by atoms with E-state index in [9.17, 15) is 4.39 Å². The van der Waals surface area contributed by atoms with Crippen molar-refractivity contribution < 1.29 is 4.39 Å². The van der Waals surface area contributed by atoms with Crippen molar-refractivity contribution in [1.82, 2.24) is 15.0 Å². The van der Waals surface area contributed by atoms with Crippen LogP contribution < -0.4 is 0 Å². The van der Waals surface area contributed by atoms with Crippen molar-refractivity contribution in [1.29, 1.82) is 0 Å². The third-order valence-electron chi connectivity index (χ3n) is 2.01. The van der Waals surface area contributed by atoms with Crippen LogP contribution in [-0.4, -0.2) is 15.0 Å². The Morgan fingerprint density at radius 3 is 2.71 bits per heavy atom. The lowest BCUT2D eigenvalue weighted by Crippen LogP contribution is -2.12. The second-order valence-corrected chi connectivity index (χ2v) is 4.36. The van der Waals surface area contributed by atoms with Crippen molar-refractivity contribution in [3.05, 3.63) is 23.9 Å². The molecule has 0 aliphatic heterocycles. The molecule has 0 amide bonds. The summed E-state index contributed by atoms with van der Waals surface area (Å²) >= 11 is 0. The fourth-order valence-electron chi connectivity index (χ4n) is 1.23. The Morgan fingerprint density at radius 2 is 2.07 bits per heavy atom. The van der Waals surface area contributed by atoms with Crippen LogP contribution in [0.4, 0.5) is 4.39 Å². The number of H-pyrrole nitrogens is 1. The van der Waals surface area contributed by atoms with Crippen LogP contribution in [0.15, 0.2) is 12.3 Å². The summed E-state index contributed by atoms with van der Waals surface area (Å²) in [5.41, 5.74) is 1.14. The number of aromatic amines is 1. The van der Waals surface area contributed by atoms with Gasteiger partial charge in [-0.25, -0.2) is 14.4 Å². The molecule has 14 heavy (non-hydrogen) atoms. The van der Waals surface area contributed by atoms with E-state index in [-0.39, 0.29) is 11.2 Å². The third-order valence-corrected chi connectivity index (χ3v) is 2.01. The Hall–Kier alpha value is -1.45. The fraction of sp³-hybridized carbons (Fsp3) is 0.400. The first-order valence-electron chi connectivity index (χ1n) is 4.48. The second-order valence-electron chi connectivity index (χ2n) is 4.36. The van der Waals surface area contributed by atoms with Crippen LogP contribution >= 0.6 is 0 Å². The molecule has 0 saturated carbocycles. The molecule has 0 radical (unpaired) electrons. The van der Waals surface area contributed by atoms with Crippen molar-refractivity contribution in [2.75, 3.05) is 0 Å². The Bertz CT molecular complexity index is 468. The molecule has 0 bridgehead atoms. The summed E-state index contributed by atoms with van der Waals surface area (Å²) in [7, 11) is 0. The van der Waals surface area contributed by atoms with Gasteiger partial charge < -0.3 is 4.98 Å². The van der Waals surface area contributed by atoms with Crippen LogP contribution in [0.2, 0.25) is 0 Å². The molecule has 2 heterocycles. The standard InChI is InChI=1S/C10H12FN3/c1-10(2,3)9-13-7-4-6(11)5-12-8(7)14-9/h4-5H,1-3H3,(H,12,13,14). The summed E-state index contributed by atoms with van der Waals surface area (Å²) in [6.45, 7) is 6.13. The van der Waals surface area contributed by atoms with Gasteiger partial charge in [0.2, 0.25) is 0 Å². The Kier molecular flexibility index (Phi) is 1.80. The van der Waals surface area contributed by atoms with Crippen molar-refractivity contribution in [2.45, 2.75) is 26.2 Å². The SMILES string of the molecule is CC(C)(C)c1nc2ncc(F)cc2[nH]1. The zero-order valence-corrected chi connectivity index (χ0v) is 8.43. The maximum absolute atomic E-state index is 12.8. The van der Waals surface area contributed by atoms with E-state index in [1.165, 1.54) is 12.3 Å². The molecular weight excluding hydrogens is 181 g/mol. The van der Waals surface area contributed by atoms with Gasteiger partial charge in [-0.2, -0.15) is 0 Å². The van der Waals surface area contributed by atoms with Gasteiger partial charge in [0.1, 0.15) is 11.6 Å². The summed E-state index contributed by atoms with van der Waals surface area (Å²) in [4.78, 5) is 11.3. The topological polar surface area (TPSA) is 41.6 Å². The molecule has 0 fully saturated rings. The first-order chi connectivity index (χ1) is 6.47. The highest BCUT2D eigenvalue weighted by atomic mass is 19.1. The van der Waals surface area contributed by atoms with Crippen LogP contribution in [0, 0.1) is 5.82 Å². The average molecular weight is 193 g/mol. The van der Waals surface area contributed by atoms with Gasteiger partial charge in [0, 0.05) is 11.5 Å². The van der Waals surface area contributed by atoms with E-state index in [2.05, 4.69) is 15.0 Å². The molecule has 0 spiro atoms. The summed E-state index contributed by atoms with van der Waals surface area (Å²) in [6, 6.07) is 1.41. The summed E-state index contributed by atoms with van der Waals surface area (Å²) < 4.78 is 12.8. The molecule has 2 rings (SSSR count). The van der Waals surface area contributed by atoms with E-state index in [0.717, 1.165) is 5.82 Å². The van der Waals surface area contributed by atoms with Crippen molar-refractivity contribution in [2.24, 2.45) is 0 Å². The quantitative estimate of drug-likeness (QED) is 0.698. The number of fused-ring (bicyclic) bond motifs is 1. The third kappa shape index (κ3) is 1.47. The molecule has 2 aromatic heterocycles. The number of nitrogens with one attached hydrogen (secondary N) is 1. The molecule has 0 unspecified atom stereocenters. The molecule has 0 saturated heterocycles. The highest BCUT2D eigenvalue weighted by molar-refractivity contribution is 5.70. The van der Waals surface area contributed by atoms with Crippen LogP contribution in [0.5, 0.6) is 0 Å². The lowest BCUT2D eigenvalue weighted by Gasteiger charge is -2.13. The van der Waals surface area contributed by atoms with E-state index < -0.39 is 0 Å². The molecular formula is C10H12FN3. The minimum atomic E-state index is -0.346. The molecule has 0 aliphatic rings. The minimum Gasteiger partial charge on any atom is -0.340 e. The van der Waals surface area contributed by atoms with Crippen LogP contribution in [-0.2, 0) is 5.41 Å². The van der Waals surface area contributed by atoms with Gasteiger partial charge in [0.25, 0.3) is 0 Å². The lowest BCUT2D eigenvalue weighted by molar-refractivity contribution is 0.554. The largest absolute Gasteiger partial charge is 0.340 e. The van der Waals surface area contributed by atoms with E-state index in [0.29, 0.717) is 11.2 Å². The van der Waals surface area contributed by atoms with Crippen LogP contribution in [0.3, 0.4) is 0 Å². The predicted octanol–water partition coefficient (Wildman–Crippen LogP) is 2.39. The molecule has 0 aliphatic carbocycles. The van der Waals surface area contributed by atoms with Crippen molar-refractivity contribution in [3.63, 3.8) is 0 Å². The Labute approximate surface area is 81.4 Å². The second kappa shape index (κ2) is 2.77. The number of hydrogen-bond acceptors (Lipinski definition) is 2. The number of imidazole rings is 1. The number of pyridine rings is 1. The maximum Gasteiger partial charge on any atom is 0.177 e. The zero-order valence-electron chi connectivity index (χ0n) is 8.43. The van der Waals surface area contributed by atoms with Crippen LogP contribution in [0.1, 0.15) is 26.6 Å². The maximum atomic E-state index is 12.8. The fourth-order valence-corrected chi connectivity index (χ4v) is 1.23. The van der Waals surface area contributed by atoms with Crippen LogP contribution in [0.25, 0.3) is 11.2 Å². The van der Waals surface area contributed by atoms with Gasteiger partial charge in [0.15, 0.2) is 5.65 Å². The summed E-state index contributed by atoms with van der Waals surface area (Å²) in [5, 5.41) is 0. The first kappa shape index (κ1) is 9.12. The smallest absolute Gasteiger partial charge is 0.177 e. The first-order valence-corrected chi connectivity index (χ1v) is 4.48. The zero-order chi connectivity index (χ0) is 10.3. The van der Waals surface area contributed by atoms with E-state index in [1.807, 2.05) is 20.8 Å². The van der Waals surface area contributed by atoms with E-state index in [1.54, 1.807) is 0 Å². The summed E-state index contributed by atoms with van der Waals surface area (Å²) in [5.74, 6) is 0.479. The molecule has 2 aromatic rings. The van der Waals surface area contributed by atoms with Crippen molar-refractivity contribution >= 4 is 11.2 Å². The van der Waals surface area contributed by atoms with Crippen molar-refractivity contribution in [3.8, 4) is 0 Å². The average Bonchev–Trinajstić information content (AvgIpc) is 2.45.